The monoisotopic (exact) mass is 396 g/mol. The van der Waals surface area contributed by atoms with Gasteiger partial charge < -0.3 is 4.57 Å². The Morgan fingerprint density at radius 1 is 0.931 bits per heavy atom. The highest BCUT2D eigenvalue weighted by molar-refractivity contribution is 6.30. The van der Waals surface area contributed by atoms with Crippen molar-refractivity contribution in [1.82, 2.24) is 9.55 Å². The van der Waals surface area contributed by atoms with Crippen LogP contribution in [-0.4, -0.2) is 15.3 Å². The summed E-state index contributed by atoms with van der Waals surface area (Å²) in [6, 6.07) is 22.7. The first-order chi connectivity index (χ1) is 14.2. The number of nitrogens with zero attached hydrogens (tertiary/aromatic N) is 3. The largest absolute Gasteiger partial charge is 0.304 e. The van der Waals surface area contributed by atoms with E-state index in [0.717, 1.165) is 38.8 Å². The summed E-state index contributed by atoms with van der Waals surface area (Å²) in [6.07, 6.45) is 0. The molecular formula is C24H17ClN4. The fourth-order valence-corrected chi connectivity index (χ4v) is 4.36. The molecule has 0 spiro atoms. The quantitative estimate of drug-likeness (QED) is 0.372. The van der Waals surface area contributed by atoms with Crippen molar-refractivity contribution in [3.63, 3.8) is 0 Å². The maximum absolute atomic E-state index is 6.06. The Balaban J connectivity index is 1.64. The van der Waals surface area contributed by atoms with Crippen molar-refractivity contribution in [1.29, 1.82) is 0 Å². The summed E-state index contributed by atoms with van der Waals surface area (Å²) in [7, 11) is 0. The molecule has 5 heteroatoms. The maximum Gasteiger partial charge on any atom is 0.143 e. The number of nitrogens with one attached hydrogen (secondary N) is 1. The van der Waals surface area contributed by atoms with E-state index >= 15 is 0 Å². The van der Waals surface area contributed by atoms with Crippen LogP contribution in [0.15, 0.2) is 71.8 Å². The molecule has 4 nitrogen and oxygen atoms in total. The Bertz CT molecular complexity index is 1410. The van der Waals surface area contributed by atoms with Crippen LogP contribution in [0.1, 0.15) is 11.1 Å². The van der Waals surface area contributed by atoms with Crippen molar-refractivity contribution in [2.24, 2.45) is 5.10 Å². The maximum atomic E-state index is 6.06. The van der Waals surface area contributed by atoms with Gasteiger partial charge in [0.05, 0.1) is 17.8 Å². The summed E-state index contributed by atoms with van der Waals surface area (Å²) in [4.78, 5) is 5.01. The van der Waals surface area contributed by atoms with E-state index in [-0.39, 0.29) is 0 Å². The smallest absolute Gasteiger partial charge is 0.143 e. The first-order valence-electron chi connectivity index (χ1n) is 9.59. The summed E-state index contributed by atoms with van der Waals surface area (Å²) in [5.41, 5.74) is 8.75. The molecule has 3 aromatic rings. The van der Waals surface area contributed by atoms with Gasteiger partial charge in [0, 0.05) is 21.4 Å². The van der Waals surface area contributed by atoms with Crippen molar-refractivity contribution >= 4 is 44.8 Å². The summed E-state index contributed by atoms with van der Waals surface area (Å²) in [5.74, 6) is 1.96. The first-order valence-corrected chi connectivity index (χ1v) is 9.97. The minimum absolute atomic E-state index is 0.646. The molecule has 6 rings (SSSR count). The molecule has 3 aromatic carbocycles. The molecule has 0 unspecified atom stereocenters. The zero-order valence-electron chi connectivity index (χ0n) is 15.8. The Hall–Kier alpha value is -3.37. The lowest BCUT2D eigenvalue weighted by Crippen LogP contribution is -2.23. The predicted octanol–water partition coefficient (Wildman–Crippen LogP) is 6.09. The number of rotatable bonds is 1. The van der Waals surface area contributed by atoms with Crippen LogP contribution in [0.25, 0.3) is 33.1 Å². The van der Waals surface area contributed by atoms with E-state index in [2.05, 4.69) is 64.5 Å². The number of aromatic nitrogens is 2. The van der Waals surface area contributed by atoms with Gasteiger partial charge in [-0.05, 0) is 42.1 Å². The Morgan fingerprint density at radius 3 is 2.55 bits per heavy atom. The number of aryl methyl sites for hydroxylation is 1. The van der Waals surface area contributed by atoms with Crippen molar-refractivity contribution in [2.75, 3.05) is 5.43 Å². The molecule has 0 saturated carbocycles. The van der Waals surface area contributed by atoms with Crippen LogP contribution in [-0.2, 0) is 6.54 Å². The van der Waals surface area contributed by atoms with Crippen molar-refractivity contribution in [3.8, 4) is 11.4 Å². The van der Waals surface area contributed by atoms with Crippen LogP contribution >= 0.6 is 11.6 Å². The van der Waals surface area contributed by atoms with Gasteiger partial charge in [0.15, 0.2) is 0 Å². The number of anilines is 1. The van der Waals surface area contributed by atoms with Gasteiger partial charge in [-0.3, -0.25) is 5.43 Å². The standard InChI is InChI=1S/C24H17ClN4/c1-14-6-11-20-19(12-14)22-17-4-2-3-5-18(17)23-28-27-21(13-29(23)24(22)26-20)15-7-9-16(25)10-8-15/h2-12,28H,13H2,1H3. The number of fused-ring (bicyclic) bond motifs is 8. The number of halogens is 1. The van der Waals surface area contributed by atoms with Gasteiger partial charge in [-0.25, -0.2) is 4.98 Å². The molecule has 0 atom stereocenters. The minimum atomic E-state index is 0.646. The molecule has 1 N–H and O–H groups in total. The summed E-state index contributed by atoms with van der Waals surface area (Å²) < 4.78 is 2.24. The lowest BCUT2D eigenvalue weighted by atomic mass is 10.00. The normalized spacial score (nSPS) is 13.5. The van der Waals surface area contributed by atoms with Gasteiger partial charge in [-0.1, -0.05) is 59.6 Å². The average Bonchev–Trinajstić information content (AvgIpc) is 3.13. The van der Waals surface area contributed by atoms with Crippen LogP contribution in [0, 0.1) is 6.92 Å². The number of hydrogen-bond donors (Lipinski definition) is 1. The lowest BCUT2D eigenvalue weighted by Gasteiger charge is -2.25. The van der Waals surface area contributed by atoms with E-state index in [1.54, 1.807) is 0 Å². The third-order valence-corrected chi connectivity index (χ3v) is 5.88. The topological polar surface area (TPSA) is 42.2 Å². The summed E-state index contributed by atoms with van der Waals surface area (Å²) >= 11 is 6.06. The second kappa shape index (κ2) is 6.06. The molecule has 0 fully saturated rings. The molecule has 0 bridgehead atoms. The van der Waals surface area contributed by atoms with Gasteiger partial charge in [0.1, 0.15) is 11.6 Å². The van der Waals surface area contributed by atoms with E-state index < -0.39 is 0 Å². The van der Waals surface area contributed by atoms with Gasteiger partial charge in [0.25, 0.3) is 0 Å². The average molecular weight is 397 g/mol. The molecular weight excluding hydrogens is 380 g/mol. The molecule has 3 aliphatic rings. The van der Waals surface area contributed by atoms with Crippen molar-refractivity contribution in [3.05, 3.63) is 82.9 Å². The summed E-state index contributed by atoms with van der Waals surface area (Å²) in [6.45, 7) is 2.77. The van der Waals surface area contributed by atoms with Gasteiger partial charge in [-0.15, -0.1) is 0 Å². The molecule has 0 amide bonds. The minimum Gasteiger partial charge on any atom is -0.304 e. The Kier molecular flexibility index (Phi) is 3.46. The molecule has 0 aromatic heterocycles. The number of hydrazone groups is 1. The van der Waals surface area contributed by atoms with Gasteiger partial charge in [-0.2, -0.15) is 5.10 Å². The van der Waals surface area contributed by atoms with E-state index in [4.69, 9.17) is 16.6 Å². The number of hydrogen-bond acceptors (Lipinski definition) is 3. The van der Waals surface area contributed by atoms with Crippen LogP contribution in [0.5, 0.6) is 0 Å². The second-order valence-corrected chi connectivity index (χ2v) is 7.92. The molecule has 3 aliphatic heterocycles. The fraction of sp³-hybridized carbons (Fsp3) is 0.0833. The first kappa shape index (κ1) is 16.6. The zero-order chi connectivity index (χ0) is 19.5. The Morgan fingerprint density at radius 2 is 1.72 bits per heavy atom. The molecule has 0 radical (unpaired) electrons. The van der Waals surface area contributed by atoms with Crippen LogP contribution in [0.4, 0.5) is 5.82 Å². The van der Waals surface area contributed by atoms with Crippen LogP contribution in [0.3, 0.4) is 0 Å². The molecule has 29 heavy (non-hydrogen) atoms. The fourth-order valence-electron chi connectivity index (χ4n) is 4.24. The van der Waals surface area contributed by atoms with Gasteiger partial charge >= 0.3 is 0 Å². The van der Waals surface area contributed by atoms with Crippen LogP contribution < -0.4 is 5.43 Å². The third-order valence-electron chi connectivity index (χ3n) is 5.63. The summed E-state index contributed by atoms with van der Waals surface area (Å²) in [5, 5.41) is 8.93. The van der Waals surface area contributed by atoms with Crippen molar-refractivity contribution < 1.29 is 0 Å². The molecule has 0 saturated heterocycles. The van der Waals surface area contributed by atoms with E-state index in [1.807, 2.05) is 24.3 Å². The highest BCUT2D eigenvalue weighted by Gasteiger charge is 2.25. The van der Waals surface area contributed by atoms with Crippen molar-refractivity contribution in [2.45, 2.75) is 13.5 Å². The van der Waals surface area contributed by atoms with Gasteiger partial charge in [0.2, 0.25) is 0 Å². The predicted molar refractivity (Wildman–Crippen MR) is 120 cm³/mol. The number of benzene rings is 3. The molecule has 0 aliphatic carbocycles. The van der Waals surface area contributed by atoms with E-state index in [1.165, 1.54) is 21.9 Å². The van der Waals surface area contributed by atoms with Crippen LogP contribution in [0.2, 0.25) is 5.02 Å². The van der Waals surface area contributed by atoms with E-state index in [0.29, 0.717) is 6.54 Å². The highest BCUT2D eigenvalue weighted by Crippen LogP contribution is 2.42. The second-order valence-electron chi connectivity index (χ2n) is 7.49. The molecule has 140 valence electrons. The zero-order valence-corrected chi connectivity index (χ0v) is 16.5. The lowest BCUT2D eigenvalue weighted by molar-refractivity contribution is 0.823. The number of pyridine rings is 1. The molecule has 3 heterocycles. The SMILES string of the molecule is Cc1ccc2nc3n4c(c5ccccc5c-3c2c1)NN=C(c1ccc(Cl)cc1)C4. The Labute approximate surface area is 172 Å². The third kappa shape index (κ3) is 2.46. The van der Waals surface area contributed by atoms with E-state index in [9.17, 15) is 0 Å². The highest BCUT2D eigenvalue weighted by atomic mass is 35.5.